The molecule has 3 rings (SSSR count). The van der Waals surface area contributed by atoms with E-state index in [4.69, 9.17) is 0 Å². The van der Waals surface area contributed by atoms with E-state index in [0.29, 0.717) is 0 Å². The van der Waals surface area contributed by atoms with Crippen LogP contribution in [0.2, 0.25) is 0 Å². The number of nitrogens with one attached hydrogen (secondary N) is 2. The molecule has 31 heavy (non-hydrogen) atoms. The Kier molecular flexibility index (Phi) is 6.21. The Morgan fingerprint density at radius 3 is 2.35 bits per heavy atom. The van der Waals surface area contributed by atoms with E-state index in [1.54, 1.807) is 0 Å². The van der Waals surface area contributed by atoms with E-state index >= 15 is 0 Å². The summed E-state index contributed by atoms with van der Waals surface area (Å²) in [6, 6.07) is 14.1. The molecular weight excluding hydrogens is 427 g/mol. The first-order valence-electron chi connectivity index (χ1n) is 8.81. The predicted molar refractivity (Wildman–Crippen MR) is 111 cm³/mol. The SMILES string of the molecule is COC(=O)c1cccc(NC(=O)c2cccc(S(=O)(=O)Nc3ccc(F)cc3)c2)c1O. The minimum absolute atomic E-state index is 0.00940. The smallest absolute Gasteiger partial charge is 0.341 e. The molecule has 0 heterocycles. The topological polar surface area (TPSA) is 122 Å². The highest BCUT2D eigenvalue weighted by Crippen LogP contribution is 2.28. The molecule has 0 fully saturated rings. The van der Waals surface area contributed by atoms with Crippen LogP contribution in [0.3, 0.4) is 0 Å². The highest BCUT2D eigenvalue weighted by atomic mass is 32.2. The summed E-state index contributed by atoms with van der Waals surface area (Å²) in [6.45, 7) is 0. The van der Waals surface area contributed by atoms with Crippen molar-refractivity contribution in [3.05, 3.63) is 83.7 Å². The Hall–Kier alpha value is -3.92. The summed E-state index contributed by atoms with van der Waals surface area (Å²) in [7, 11) is -2.90. The molecule has 0 saturated carbocycles. The third-order valence-corrected chi connectivity index (χ3v) is 5.57. The molecule has 3 N–H and O–H groups in total. The van der Waals surface area contributed by atoms with Gasteiger partial charge in [0, 0.05) is 11.3 Å². The minimum atomic E-state index is -4.05. The van der Waals surface area contributed by atoms with Gasteiger partial charge in [0.25, 0.3) is 15.9 Å². The number of aromatic hydroxyl groups is 1. The molecule has 0 bridgehead atoms. The standard InChI is InChI=1S/C21H17FN2O6S/c1-30-21(27)17-6-3-7-18(19(17)25)23-20(26)13-4-2-5-16(12-13)31(28,29)24-15-10-8-14(22)9-11-15/h2-12,24-25H,1H3,(H,23,26). The van der Waals surface area contributed by atoms with E-state index < -0.39 is 33.5 Å². The maximum atomic E-state index is 13.0. The fraction of sp³-hybridized carbons (Fsp3) is 0.0476. The van der Waals surface area contributed by atoms with E-state index in [2.05, 4.69) is 14.8 Å². The molecule has 160 valence electrons. The molecule has 0 aliphatic rings. The highest BCUT2D eigenvalue weighted by molar-refractivity contribution is 7.92. The Bertz CT molecular complexity index is 1240. The molecule has 0 unspecified atom stereocenters. The lowest BCUT2D eigenvalue weighted by atomic mass is 10.1. The van der Waals surface area contributed by atoms with Gasteiger partial charge in [-0.05, 0) is 54.6 Å². The molecule has 0 atom stereocenters. The lowest BCUT2D eigenvalue weighted by Gasteiger charge is -2.11. The fourth-order valence-electron chi connectivity index (χ4n) is 2.65. The zero-order valence-electron chi connectivity index (χ0n) is 16.1. The number of methoxy groups -OCH3 is 1. The van der Waals surface area contributed by atoms with Crippen molar-refractivity contribution in [2.75, 3.05) is 17.1 Å². The number of rotatable bonds is 6. The number of ether oxygens (including phenoxy) is 1. The zero-order chi connectivity index (χ0) is 22.6. The summed E-state index contributed by atoms with van der Waals surface area (Å²) < 4.78 is 45.1. The van der Waals surface area contributed by atoms with Crippen LogP contribution in [-0.4, -0.2) is 32.5 Å². The van der Waals surface area contributed by atoms with Crippen LogP contribution >= 0.6 is 0 Å². The van der Waals surface area contributed by atoms with Gasteiger partial charge in [-0.25, -0.2) is 17.6 Å². The molecule has 0 spiro atoms. The second kappa shape index (κ2) is 8.84. The quantitative estimate of drug-likeness (QED) is 0.396. The number of esters is 1. The third kappa shape index (κ3) is 4.98. The molecule has 0 aromatic heterocycles. The summed E-state index contributed by atoms with van der Waals surface area (Å²) in [5.41, 5.74) is -0.0450. The zero-order valence-corrected chi connectivity index (χ0v) is 16.9. The highest BCUT2D eigenvalue weighted by Gasteiger charge is 2.19. The summed E-state index contributed by atoms with van der Waals surface area (Å²) in [5.74, 6) is -2.49. The Morgan fingerprint density at radius 2 is 1.68 bits per heavy atom. The molecule has 8 nitrogen and oxygen atoms in total. The monoisotopic (exact) mass is 444 g/mol. The number of benzene rings is 3. The van der Waals surface area contributed by atoms with Gasteiger partial charge in [-0.3, -0.25) is 9.52 Å². The van der Waals surface area contributed by atoms with Gasteiger partial charge in [0.2, 0.25) is 0 Å². The van der Waals surface area contributed by atoms with E-state index in [9.17, 15) is 27.5 Å². The second-order valence-electron chi connectivity index (χ2n) is 6.29. The van der Waals surface area contributed by atoms with Crippen molar-refractivity contribution in [1.29, 1.82) is 0 Å². The normalized spacial score (nSPS) is 10.9. The summed E-state index contributed by atoms with van der Waals surface area (Å²) in [6.07, 6.45) is 0. The van der Waals surface area contributed by atoms with Crippen molar-refractivity contribution < 1.29 is 32.2 Å². The number of carbonyl (C=O) groups excluding carboxylic acids is 2. The summed E-state index contributed by atoms with van der Waals surface area (Å²) >= 11 is 0. The first-order valence-corrected chi connectivity index (χ1v) is 10.3. The molecule has 0 saturated heterocycles. The van der Waals surface area contributed by atoms with Crippen molar-refractivity contribution in [3.8, 4) is 5.75 Å². The Labute approximate surface area is 177 Å². The molecule has 0 radical (unpaired) electrons. The van der Waals surface area contributed by atoms with Crippen molar-refractivity contribution in [2.24, 2.45) is 0 Å². The molecular formula is C21H17FN2O6S. The van der Waals surface area contributed by atoms with Gasteiger partial charge in [-0.1, -0.05) is 12.1 Å². The van der Waals surface area contributed by atoms with Gasteiger partial charge in [-0.2, -0.15) is 0 Å². The van der Waals surface area contributed by atoms with E-state index in [1.807, 2.05) is 0 Å². The summed E-state index contributed by atoms with van der Waals surface area (Å²) in [4.78, 5) is 24.1. The molecule has 3 aromatic rings. The van der Waals surface area contributed by atoms with Gasteiger partial charge in [-0.15, -0.1) is 0 Å². The largest absolute Gasteiger partial charge is 0.505 e. The number of anilines is 2. The van der Waals surface area contributed by atoms with Crippen molar-refractivity contribution in [1.82, 2.24) is 0 Å². The van der Waals surface area contributed by atoms with Crippen molar-refractivity contribution in [3.63, 3.8) is 0 Å². The van der Waals surface area contributed by atoms with Crippen LogP contribution in [0.4, 0.5) is 15.8 Å². The molecule has 3 aromatic carbocycles. The van der Waals surface area contributed by atoms with E-state index in [0.717, 1.165) is 25.3 Å². The van der Waals surface area contributed by atoms with Crippen LogP contribution in [0, 0.1) is 5.82 Å². The maximum Gasteiger partial charge on any atom is 0.341 e. The average molecular weight is 444 g/mol. The number of hydrogen-bond donors (Lipinski definition) is 3. The van der Waals surface area contributed by atoms with Crippen molar-refractivity contribution in [2.45, 2.75) is 4.90 Å². The van der Waals surface area contributed by atoms with Gasteiger partial charge in [0.15, 0.2) is 5.75 Å². The van der Waals surface area contributed by atoms with Gasteiger partial charge in [0.05, 0.1) is 17.7 Å². The van der Waals surface area contributed by atoms with Crippen LogP contribution in [0.1, 0.15) is 20.7 Å². The maximum absolute atomic E-state index is 13.0. The van der Waals surface area contributed by atoms with Gasteiger partial charge in [0.1, 0.15) is 11.4 Å². The van der Waals surface area contributed by atoms with E-state index in [1.165, 1.54) is 48.5 Å². The third-order valence-electron chi connectivity index (χ3n) is 4.19. The Balaban J connectivity index is 1.84. The molecule has 0 aliphatic heterocycles. The fourth-order valence-corrected chi connectivity index (χ4v) is 3.75. The van der Waals surface area contributed by atoms with Crippen LogP contribution < -0.4 is 10.0 Å². The number of sulfonamides is 1. The van der Waals surface area contributed by atoms with Crippen LogP contribution in [0.5, 0.6) is 5.75 Å². The molecule has 10 heteroatoms. The second-order valence-corrected chi connectivity index (χ2v) is 7.97. The number of phenols is 1. The lowest BCUT2D eigenvalue weighted by molar-refractivity contribution is 0.0597. The average Bonchev–Trinajstić information content (AvgIpc) is 2.76. The summed E-state index contributed by atoms with van der Waals surface area (Å²) in [5, 5.41) is 12.6. The van der Waals surface area contributed by atoms with E-state index in [-0.39, 0.29) is 27.4 Å². The first-order chi connectivity index (χ1) is 14.7. The first kappa shape index (κ1) is 21.8. The molecule has 1 amide bonds. The number of carbonyl (C=O) groups is 2. The van der Waals surface area contributed by atoms with Crippen molar-refractivity contribution >= 4 is 33.3 Å². The number of para-hydroxylation sites is 1. The van der Waals surface area contributed by atoms with Gasteiger partial charge >= 0.3 is 5.97 Å². The number of halogens is 1. The number of hydrogen-bond acceptors (Lipinski definition) is 6. The predicted octanol–water partition coefficient (Wildman–Crippen LogP) is 3.37. The van der Waals surface area contributed by atoms with Gasteiger partial charge < -0.3 is 15.2 Å². The molecule has 0 aliphatic carbocycles. The minimum Gasteiger partial charge on any atom is -0.505 e. The number of amides is 1. The lowest BCUT2D eigenvalue weighted by Crippen LogP contribution is -2.16. The van der Waals surface area contributed by atoms with Crippen LogP contribution in [0.15, 0.2) is 71.6 Å². The van der Waals surface area contributed by atoms with Crippen LogP contribution in [0.25, 0.3) is 0 Å². The van der Waals surface area contributed by atoms with Crippen LogP contribution in [-0.2, 0) is 14.8 Å². The number of phenolic OH excluding ortho intramolecular Hbond substituents is 1. The Morgan fingerprint density at radius 1 is 1.00 bits per heavy atom.